The number of β-amino-alcohol motifs (C(OH)–C–C–N with tert-alkyl or cyclic N) is 1. The predicted octanol–water partition coefficient (Wildman–Crippen LogP) is 1.23. The highest BCUT2D eigenvalue weighted by atomic mass is 16.3. The number of imide groups is 1. The van der Waals surface area contributed by atoms with Crippen molar-refractivity contribution in [3.05, 3.63) is 29.6 Å². The molecule has 2 heterocycles. The number of rotatable bonds is 4. The zero-order valence-electron chi connectivity index (χ0n) is 10.5. The number of amides is 2. The summed E-state index contributed by atoms with van der Waals surface area (Å²) < 4.78 is 0. The lowest BCUT2D eigenvalue weighted by Crippen LogP contribution is -2.44. The molecule has 0 aliphatic carbocycles. The number of aliphatic hydroxyl groups is 1. The van der Waals surface area contributed by atoms with E-state index in [1.807, 2.05) is 13.8 Å². The van der Waals surface area contributed by atoms with Crippen molar-refractivity contribution in [1.82, 2.24) is 9.88 Å². The molecule has 0 saturated carbocycles. The fourth-order valence-electron chi connectivity index (χ4n) is 2.05. The molecule has 96 valence electrons. The summed E-state index contributed by atoms with van der Waals surface area (Å²) in [7, 11) is 0. The molecule has 1 aromatic heterocycles. The van der Waals surface area contributed by atoms with E-state index in [-0.39, 0.29) is 18.4 Å². The molecule has 0 spiro atoms. The highest BCUT2D eigenvalue weighted by Crippen LogP contribution is 2.25. The summed E-state index contributed by atoms with van der Waals surface area (Å²) in [5, 5.41) is 10.2. The van der Waals surface area contributed by atoms with Crippen molar-refractivity contribution >= 4 is 11.8 Å². The van der Waals surface area contributed by atoms with E-state index in [1.165, 1.54) is 18.5 Å². The second kappa shape index (κ2) is 4.49. The van der Waals surface area contributed by atoms with Gasteiger partial charge < -0.3 is 5.11 Å². The van der Waals surface area contributed by atoms with Crippen LogP contribution >= 0.6 is 0 Å². The van der Waals surface area contributed by atoms with Crippen LogP contribution in [0.2, 0.25) is 0 Å². The van der Waals surface area contributed by atoms with Gasteiger partial charge in [-0.2, -0.15) is 0 Å². The Hall–Kier alpha value is -1.75. The molecule has 1 aliphatic rings. The highest BCUT2D eigenvalue weighted by Gasteiger charge is 2.39. The van der Waals surface area contributed by atoms with Crippen LogP contribution in [0.5, 0.6) is 0 Å². The Morgan fingerprint density at radius 2 is 1.83 bits per heavy atom. The van der Waals surface area contributed by atoms with Gasteiger partial charge in [-0.3, -0.25) is 19.5 Å². The molecule has 5 nitrogen and oxygen atoms in total. The van der Waals surface area contributed by atoms with Crippen molar-refractivity contribution in [1.29, 1.82) is 0 Å². The summed E-state index contributed by atoms with van der Waals surface area (Å²) >= 11 is 0. The lowest BCUT2D eigenvalue weighted by atomic mass is 9.97. The maximum Gasteiger partial charge on any atom is 0.263 e. The van der Waals surface area contributed by atoms with E-state index in [2.05, 4.69) is 4.98 Å². The van der Waals surface area contributed by atoms with Gasteiger partial charge in [-0.05, 0) is 18.9 Å². The summed E-state index contributed by atoms with van der Waals surface area (Å²) in [4.78, 5) is 29.1. The van der Waals surface area contributed by atoms with Crippen molar-refractivity contribution in [2.45, 2.75) is 32.3 Å². The molecule has 1 aliphatic heterocycles. The van der Waals surface area contributed by atoms with Crippen molar-refractivity contribution in [2.24, 2.45) is 0 Å². The first-order chi connectivity index (χ1) is 8.52. The zero-order chi connectivity index (χ0) is 13.3. The van der Waals surface area contributed by atoms with Crippen LogP contribution in [0.15, 0.2) is 18.5 Å². The van der Waals surface area contributed by atoms with Crippen LogP contribution in [-0.4, -0.2) is 39.0 Å². The lowest BCUT2D eigenvalue weighted by Gasteiger charge is -2.29. The van der Waals surface area contributed by atoms with E-state index in [4.69, 9.17) is 0 Å². The topological polar surface area (TPSA) is 70.5 Å². The van der Waals surface area contributed by atoms with E-state index in [0.29, 0.717) is 24.0 Å². The summed E-state index contributed by atoms with van der Waals surface area (Å²) in [5.74, 6) is -0.721. The number of hydrogen-bond acceptors (Lipinski definition) is 4. The second-order valence-corrected chi connectivity index (χ2v) is 4.55. The molecule has 0 aromatic carbocycles. The van der Waals surface area contributed by atoms with E-state index < -0.39 is 5.60 Å². The lowest BCUT2D eigenvalue weighted by molar-refractivity contribution is 0.00242. The van der Waals surface area contributed by atoms with Gasteiger partial charge in [0, 0.05) is 12.4 Å². The van der Waals surface area contributed by atoms with Crippen molar-refractivity contribution in [3.8, 4) is 0 Å². The molecule has 1 N–H and O–H groups in total. The smallest absolute Gasteiger partial charge is 0.263 e. The van der Waals surface area contributed by atoms with Gasteiger partial charge in [0.25, 0.3) is 11.8 Å². The Bertz CT molecular complexity index is 460. The average Bonchev–Trinajstić information content (AvgIpc) is 2.64. The van der Waals surface area contributed by atoms with Gasteiger partial charge in [0.1, 0.15) is 0 Å². The largest absolute Gasteiger partial charge is 0.388 e. The van der Waals surface area contributed by atoms with Crippen LogP contribution in [-0.2, 0) is 0 Å². The Labute approximate surface area is 105 Å². The number of carbonyl (C=O) groups is 2. The molecule has 0 bridgehead atoms. The number of nitrogens with zero attached hydrogens (tertiary/aromatic N) is 2. The fraction of sp³-hybridized carbons (Fsp3) is 0.462. The first-order valence-electron chi connectivity index (χ1n) is 6.05. The van der Waals surface area contributed by atoms with Gasteiger partial charge >= 0.3 is 0 Å². The summed E-state index contributed by atoms with van der Waals surface area (Å²) in [6.07, 6.45) is 3.87. The molecule has 5 heteroatoms. The minimum absolute atomic E-state index is 0.0341. The molecule has 0 radical (unpaired) electrons. The fourth-order valence-corrected chi connectivity index (χ4v) is 2.05. The molecule has 0 atom stereocenters. The maximum absolute atomic E-state index is 12.1. The Kier molecular flexibility index (Phi) is 3.17. The molecule has 0 fully saturated rings. The molecular formula is C13H16N2O3. The predicted molar refractivity (Wildman–Crippen MR) is 65.1 cm³/mol. The molecule has 2 amide bonds. The van der Waals surface area contributed by atoms with Crippen LogP contribution in [0.4, 0.5) is 0 Å². The minimum atomic E-state index is -1.01. The quantitative estimate of drug-likeness (QED) is 0.813. The maximum atomic E-state index is 12.1. The van der Waals surface area contributed by atoms with Crippen LogP contribution < -0.4 is 0 Å². The first-order valence-corrected chi connectivity index (χ1v) is 6.05. The third kappa shape index (κ3) is 1.90. The van der Waals surface area contributed by atoms with Crippen LogP contribution in [0.1, 0.15) is 47.4 Å². The Morgan fingerprint density at radius 3 is 2.39 bits per heavy atom. The van der Waals surface area contributed by atoms with Crippen molar-refractivity contribution < 1.29 is 14.7 Å². The third-order valence-electron chi connectivity index (χ3n) is 3.54. The minimum Gasteiger partial charge on any atom is -0.388 e. The molecule has 18 heavy (non-hydrogen) atoms. The molecule has 1 aromatic rings. The Morgan fingerprint density at radius 1 is 1.22 bits per heavy atom. The number of pyridine rings is 1. The van der Waals surface area contributed by atoms with E-state index in [9.17, 15) is 14.7 Å². The van der Waals surface area contributed by atoms with E-state index in [0.717, 1.165) is 4.90 Å². The van der Waals surface area contributed by atoms with Crippen LogP contribution in [0.25, 0.3) is 0 Å². The SMILES string of the molecule is CCC(O)(CC)CN1C(=O)c2ccncc2C1=O. The monoisotopic (exact) mass is 248 g/mol. The van der Waals surface area contributed by atoms with Gasteiger partial charge in [0.2, 0.25) is 0 Å². The summed E-state index contributed by atoms with van der Waals surface area (Å²) in [6.45, 7) is 3.71. The van der Waals surface area contributed by atoms with Crippen molar-refractivity contribution in [2.75, 3.05) is 6.54 Å². The third-order valence-corrected chi connectivity index (χ3v) is 3.54. The van der Waals surface area contributed by atoms with Gasteiger partial charge in [-0.25, -0.2) is 0 Å². The summed E-state index contributed by atoms with van der Waals surface area (Å²) in [6, 6.07) is 1.53. The second-order valence-electron chi connectivity index (χ2n) is 4.55. The van der Waals surface area contributed by atoms with Gasteiger partial charge in [0.05, 0.1) is 23.3 Å². The molecule has 2 rings (SSSR count). The van der Waals surface area contributed by atoms with Crippen molar-refractivity contribution in [3.63, 3.8) is 0 Å². The Balaban J connectivity index is 2.29. The number of carbonyl (C=O) groups excluding carboxylic acids is 2. The first kappa shape index (κ1) is 12.7. The van der Waals surface area contributed by atoms with E-state index in [1.54, 1.807) is 0 Å². The number of hydrogen-bond donors (Lipinski definition) is 1. The van der Waals surface area contributed by atoms with Gasteiger partial charge in [-0.15, -0.1) is 0 Å². The highest BCUT2D eigenvalue weighted by molar-refractivity contribution is 6.21. The molecular weight excluding hydrogens is 232 g/mol. The molecule has 0 saturated heterocycles. The average molecular weight is 248 g/mol. The van der Waals surface area contributed by atoms with Crippen LogP contribution in [0, 0.1) is 0 Å². The van der Waals surface area contributed by atoms with Gasteiger partial charge in [0.15, 0.2) is 0 Å². The van der Waals surface area contributed by atoms with Gasteiger partial charge in [-0.1, -0.05) is 13.8 Å². The normalized spacial score (nSPS) is 15.2. The standard InChI is InChI=1S/C13H16N2O3/c1-3-13(18,4-2)8-15-11(16)9-5-6-14-7-10(9)12(15)17/h5-7,18H,3-4,8H2,1-2H3. The zero-order valence-corrected chi connectivity index (χ0v) is 10.5. The van der Waals surface area contributed by atoms with E-state index >= 15 is 0 Å². The number of aromatic nitrogens is 1. The molecule has 0 unspecified atom stereocenters. The van der Waals surface area contributed by atoms with Crippen LogP contribution in [0.3, 0.4) is 0 Å². The number of fused-ring (bicyclic) bond motifs is 1. The summed E-state index contributed by atoms with van der Waals surface area (Å²) in [5.41, 5.74) is -0.331.